The molecule has 6 heteroatoms. The number of benzene rings is 1. The van der Waals surface area contributed by atoms with Gasteiger partial charge < -0.3 is 19.4 Å². The second kappa shape index (κ2) is 10.4. The lowest BCUT2D eigenvalue weighted by molar-refractivity contribution is 0.0466. The van der Waals surface area contributed by atoms with Crippen molar-refractivity contribution < 1.29 is 18.7 Å². The van der Waals surface area contributed by atoms with Crippen LogP contribution in [0.5, 0.6) is 0 Å². The summed E-state index contributed by atoms with van der Waals surface area (Å²) >= 11 is 0. The van der Waals surface area contributed by atoms with E-state index >= 15 is 0 Å². The number of furan rings is 1. The Balaban J connectivity index is 1.73. The van der Waals surface area contributed by atoms with Gasteiger partial charge >= 0.3 is 5.97 Å². The van der Waals surface area contributed by atoms with Gasteiger partial charge in [-0.05, 0) is 49.5 Å². The number of rotatable bonds is 11. The van der Waals surface area contributed by atoms with Gasteiger partial charge in [0.05, 0.1) is 11.8 Å². The van der Waals surface area contributed by atoms with E-state index in [1.165, 1.54) is 6.26 Å². The van der Waals surface area contributed by atoms with Gasteiger partial charge in [-0.15, -0.1) is 0 Å². The van der Waals surface area contributed by atoms with E-state index in [4.69, 9.17) is 9.15 Å². The van der Waals surface area contributed by atoms with E-state index in [9.17, 15) is 9.59 Å². The van der Waals surface area contributed by atoms with Gasteiger partial charge in [0.15, 0.2) is 11.5 Å². The first kappa shape index (κ1) is 19.7. The molecule has 2 aromatic rings. The molecular formula is C20H26N2O4. The molecule has 0 unspecified atom stereocenters. The van der Waals surface area contributed by atoms with Crippen LogP contribution < -0.4 is 5.32 Å². The van der Waals surface area contributed by atoms with E-state index in [2.05, 4.69) is 24.1 Å². The number of anilines is 1. The number of hydrogen-bond donors (Lipinski definition) is 1. The van der Waals surface area contributed by atoms with Crippen molar-refractivity contribution in [3.05, 3.63) is 54.0 Å². The Labute approximate surface area is 154 Å². The molecule has 0 atom stereocenters. The molecule has 0 saturated heterocycles. The molecule has 1 heterocycles. The molecule has 0 amide bonds. The number of carbonyl (C=O) groups excluding carboxylic acids is 2. The highest BCUT2D eigenvalue weighted by molar-refractivity contribution is 5.93. The third-order valence-corrected chi connectivity index (χ3v) is 4.13. The van der Waals surface area contributed by atoms with Gasteiger partial charge in [-0.3, -0.25) is 4.79 Å². The van der Waals surface area contributed by atoms with Crippen LogP contribution in [0.25, 0.3) is 0 Å². The maximum Gasteiger partial charge on any atom is 0.338 e. The lowest BCUT2D eigenvalue weighted by Gasteiger charge is -2.17. The van der Waals surface area contributed by atoms with Crippen LogP contribution in [0, 0.1) is 0 Å². The van der Waals surface area contributed by atoms with Crippen LogP contribution in [0.3, 0.4) is 0 Å². The van der Waals surface area contributed by atoms with Gasteiger partial charge in [-0.25, -0.2) is 4.79 Å². The molecule has 0 bridgehead atoms. The first-order valence-corrected chi connectivity index (χ1v) is 8.94. The summed E-state index contributed by atoms with van der Waals surface area (Å²) < 4.78 is 10.4. The van der Waals surface area contributed by atoms with E-state index in [1.807, 2.05) is 0 Å². The smallest absolute Gasteiger partial charge is 0.338 e. The average molecular weight is 358 g/mol. The summed E-state index contributed by atoms with van der Waals surface area (Å²) in [6.07, 6.45) is 1.82. The van der Waals surface area contributed by atoms with E-state index in [0.717, 1.165) is 25.3 Å². The first-order chi connectivity index (χ1) is 12.6. The monoisotopic (exact) mass is 358 g/mol. The summed E-state index contributed by atoms with van der Waals surface area (Å²) in [7, 11) is 0. The molecule has 6 nitrogen and oxygen atoms in total. The number of Topliss-reactive ketones (excluding diaryl/α,β-unsaturated/α-hetero) is 1. The average Bonchev–Trinajstić information content (AvgIpc) is 3.20. The third-order valence-electron chi connectivity index (χ3n) is 4.13. The zero-order valence-electron chi connectivity index (χ0n) is 15.4. The van der Waals surface area contributed by atoms with Crippen molar-refractivity contribution in [2.24, 2.45) is 0 Å². The number of carbonyl (C=O) groups is 2. The van der Waals surface area contributed by atoms with Crippen LogP contribution in [0.15, 0.2) is 47.1 Å². The Morgan fingerprint density at radius 1 is 1.12 bits per heavy atom. The Kier molecular flexibility index (Phi) is 7.89. The van der Waals surface area contributed by atoms with Crippen LogP contribution in [0.2, 0.25) is 0 Å². The van der Waals surface area contributed by atoms with E-state index in [1.54, 1.807) is 36.4 Å². The van der Waals surface area contributed by atoms with Crippen molar-refractivity contribution >= 4 is 17.4 Å². The van der Waals surface area contributed by atoms with Crippen LogP contribution in [-0.2, 0) is 4.74 Å². The Morgan fingerprint density at radius 3 is 2.46 bits per heavy atom. The lowest BCUT2D eigenvalue weighted by atomic mass is 10.2. The van der Waals surface area contributed by atoms with E-state index < -0.39 is 0 Å². The summed E-state index contributed by atoms with van der Waals surface area (Å²) in [5.41, 5.74) is 1.36. The zero-order valence-corrected chi connectivity index (χ0v) is 15.4. The summed E-state index contributed by atoms with van der Waals surface area (Å²) in [6, 6.07) is 10.4. The minimum atomic E-state index is -0.322. The Morgan fingerprint density at radius 2 is 1.85 bits per heavy atom. The highest BCUT2D eigenvalue weighted by Crippen LogP contribution is 2.11. The second-order valence-corrected chi connectivity index (χ2v) is 5.82. The molecule has 0 saturated carbocycles. The molecule has 0 aliphatic heterocycles. The van der Waals surface area contributed by atoms with E-state index in [-0.39, 0.29) is 11.8 Å². The van der Waals surface area contributed by atoms with Crippen molar-refractivity contribution in [1.82, 2.24) is 4.90 Å². The molecule has 0 aliphatic rings. The van der Waals surface area contributed by atoms with Crippen LogP contribution in [-0.4, -0.2) is 49.4 Å². The van der Waals surface area contributed by atoms with Crippen molar-refractivity contribution in [1.29, 1.82) is 0 Å². The number of likely N-dealkylation sites (N-methyl/N-ethyl adjacent to an activating group) is 1. The molecule has 1 N–H and O–H groups in total. The fourth-order valence-electron chi connectivity index (χ4n) is 2.50. The minimum absolute atomic E-state index is 0.0455. The number of hydrogen-bond acceptors (Lipinski definition) is 6. The molecule has 0 fully saturated rings. The topological polar surface area (TPSA) is 71.8 Å². The Hall–Kier alpha value is -2.60. The van der Waals surface area contributed by atoms with Gasteiger partial charge in [-0.1, -0.05) is 13.8 Å². The predicted molar refractivity (Wildman–Crippen MR) is 101 cm³/mol. The molecular weight excluding hydrogens is 332 g/mol. The van der Waals surface area contributed by atoms with Gasteiger partial charge in [0.25, 0.3) is 0 Å². The molecule has 1 aromatic carbocycles. The maximum absolute atomic E-state index is 12.0. The maximum atomic E-state index is 12.0. The summed E-state index contributed by atoms with van der Waals surface area (Å²) in [5.74, 6) is 0.00204. The van der Waals surface area contributed by atoms with Gasteiger partial charge in [-0.2, -0.15) is 0 Å². The molecule has 26 heavy (non-hydrogen) atoms. The van der Waals surface area contributed by atoms with Gasteiger partial charge in [0.2, 0.25) is 0 Å². The first-order valence-electron chi connectivity index (χ1n) is 8.94. The van der Waals surface area contributed by atoms with Crippen molar-refractivity contribution in [2.75, 3.05) is 38.1 Å². The number of ether oxygens (including phenoxy) is 1. The normalized spacial score (nSPS) is 10.7. The second-order valence-electron chi connectivity index (χ2n) is 5.82. The van der Waals surface area contributed by atoms with Crippen molar-refractivity contribution in [3.8, 4) is 0 Å². The largest absolute Gasteiger partial charge is 0.461 e. The standard InChI is InChI=1S/C20H26N2O4/c1-3-22(4-2)13-15-26-20(24)16-7-9-17(10-8-16)21-12-11-18(23)19-6-5-14-25-19/h5-10,14,21H,3-4,11-13,15H2,1-2H3. The minimum Gasteiger partial charge on any atom is -0.461 e. The highest BCUT2D eigenvalue weighted by Gasteiger charge is 2.09. The van der Waals surface area contributed by atoms with Crippen molar-refractivity contribution in [2.45, 2.75) is 20.3 Å². The van der Waals surface area contributed by atoms with E-state index in [0.29, 0.717) is 30.9 Å². The van der Waals surface area contributed by atoms with Crippen LogP contribution >= 0.6 is 0 Å². The van der Waals surface area contributed by atoms with Gasteiger partial charge in [0, 0.05) is 25.2 Å². The Bertz CT molecular complexity index is 676. The molecule has 0 aliphatic carbocycles. The number of nitrogens with zero attached hydrogens (tertiary/aromatic N) is 1. The number of nitrogens with one attached hydrogen (secondary N) is 1. The SMILES string of the molecule is CCN(CC)CCOC(=O)c1ccc(NCCC(=O)c2ccco2)cc1. The summed E-state index contributed by atoms with van der Waals surface area (Å²) in [5, 5.41) is 3.16. The highest BCUT2D eigenvalue weighted by atomic mass is 16.5. The van der Waals surface area contributed by atoms with Crippen LogP contribution in [0.1, 0.15) is 41.2 Å². The predicted octanol–water partition coefficient (Wildman–Crippen LogP) is 3.46. The lowest BCUT2D eigenvalue weighted by Crippen LogP contribution is -2.27. The fraction of sp³-hybridized carbons (Fsp3) is 0.400. The number of esters is 1. The third kappa shape index (κ3) is 6.04. The van der Waals surface area contributed by atoms with Crippen molar-refractivity contribution in [3.63, 3.8) is 0 Å². The summed E-state index contributed by atoms with van der Waals surface area (Å²) in [4.78, 5) is 26.1. The molecule has 1 aromatic heterocycles. The van der Waals surface area contributed by atoms with Gasteiger partial charge in [0.1, 0.15) is 6.61 Å². The molecule has 0 radical (unpaired) electrons. The fourth-order valence-corrected chi connectivity index (χ4v) is 2.50. The molecule has 2 rings (SSSR count). The molecule has 0 spiro atoms. The zero-order chi connectivity index (χ0) is 18.8. The molecule has 140 valence electrons. The quantitative estimate of drug-likeness (QED) is 0.490. The number of ketones is 1. The summed E-state index contributed by atoms with van der Waals surface area (Å²) in [6.45, 7) is 7.66. The van der Waals surface area contributed by atoms with Crippen LogP contribution in [0.4, 0.5) is 5.69 Å².